The van der Waals surface area contributed by atoms with Crippen molar-refractivity contribution in [2.45, 2.75) is 58.6 Å². The van der Waals surface area contributed by atoms with Crippen LogP contribution in [-0.4, -0.2) is 48.7 Å². The number of amides is 1. The molecule has 1 atom stereocenters. The lowest BCUT2D eigenvalue weighted by Crippen LogP contribution is -2.47. The minimum Gasteiger partial charge on any atom is -0.375 e. The number of carbonyl (C=O) groups is 1. The molecule has 0 aromatic rings. The van der Waals surface area contributed by atoms with Crippen LogP contribution in [0.25, 0.3) is 0 Å². The minimum atomic E-state index is -0.109. The fourth-order valence-electron chi connectivity index (χ4n) is 2.11. The summed E-state index contributed by atoms with van der Waals surface area (Å²) >= 11 is 0. The van der Waals surface area contributed by atoms with E-state index in [0.29, 0.717) is 6.61 Å². The summed E-state index contributed by atoms with van der Waals surface area (Å²) in [6.45, 7) is 11.2. The summed E-state index contributed by atoms with van der Waals surface area (Å²) in [6, 6.07) is -0.105. The van der Waals surface area contributed by atoms with Crippen molar-refractivity contribution in [3.05, 3.63) is 0 Å². The van der Waals surface area contributed by atoms with Gasteiger partial charge >= 0.3 is 0 Å². The van der Waals surface area contributed by atoms with Gasteiger partial charge in [-0.1, -0.05) is 0 Å². The Labute approximate surface area is 111 Å². The van der Waals surface area contributed by atoms with E-state index >= 15 is 0 Å². The molecular formula is C14H28N2O2. The molecule has 1 aliphatic heterocycles. The maximum atomic E-state index is 12.1. The monoisotopic (exact) mass is 256 g/mol. The second-order valence-electron chi connectivity index (χ2n) is 6.02. The summed E-state index contributed by atoms with van der Waals surface area (Å²) in [5.41, 5.74) is -0.109. The van der Waals surface area contributed by atoms with Gasteiger partial charge in [-0.3, -0.25) is 4.79 Å². The Hall–Kier alpha value is -0.610. The predicted octanol–water partition coefficient (Wildman–Crippen LogP) is 1.79. The number of nitrogens with one attached hydrogen (secondary N) is 1. The number of rotatable bonds is 5. The summed E-state index contributed by atoms with van der Waals surface area (Å²) in [5.74, 6) is 0.227. The number of hydrogen-bond donors (Lipinski definition) is 1. The third kappa shape index (κ3) is 5.83. The topological polar surface area (TPSA) is 41.6 Å². The van der Waals surface area contributed by atoms with Crippen LogP contribution in [0.15, 0.2) is 0 Å². The van der Waals surface area contributed by atoms with E-state index in [1.54, 1.807) is 0 Å². The predicted molar refractivity (Wildman–Crippen MR) is 73.6 cm³/mol. The fourth-order valence-corrected chi connectivity index (χ4v) is 2.11. The highest BCUT2D eigenvalue weighted by Crippen LogP contribution is 2.10. The van der Waals surface area contributed by atoms with Crippen LogP contribution >= 0.6 is 0 Å². The van der Waals surface area contributed by atoms with Gasteiger partial charge in [-0.25, -0.2) is 0 Å². The Morgan fingerprint density at radius 1 is 1.28 bits per heavy atom. The first-order valence-electron chi connectivity index (χ1n) is 7.06. The van der Waals surface area contributed by atoms with Gasteiger partial charge in [0.1, 0.15) is 0 Å². The SMILES string of the molecule is CC(NCCOC(C)(C)C)C(=O)N1CCCCC1. The Morgan fingerprint density at radius 2 is 1.89 bits per heavy atom. The van der Waals surface area contributed by atoms with Crippen LogP contribution in [0.3, 0.4) is 0 Å². The molecule has 1 amide bonds. The summed E-state index contributed by atoms with van der Waals surface area (Å²) < 4.78 is 5.62. The third-order valence-corrected chi connectivity index (χ3v) is 3.13. The number of piperidine rings is 1. The van der Waals surface area contributed by atoms with E-state index in [4.69, 9.17) is 4.74 Å². The van der Waals surface area contributed by atoms with Crippen molar-refractivity contribution in [3.63, 3.8) is 0 Å². The number of hydrogen-bond acceptors (Lipinski definition) is 3. The maximum absolute atomic E-state index is 12.1. The van der Waals surface area contributed by atoms with Crippen molar-refractivity contribution in [1.29, 1.82) is 0 Å². The molecular weight excluding hydrogens is 228 g/mol. The molecule has 1 fully saturated rings. The van der Waals surface area contributed by atoms with Gasteiger partial charge in [0.25, 0.3) is 0 Å². The van der Waals surface area contributed by atoms with Crippen molar-refractivity contribution in [2.75, 3.05) is 26.2 Å². The van der Waals surface area contributed by atoms with Gasteiger partial charge in [-0.2, -0.15) is 0 Å². The third-order valence-electron chi connectivity index (χ3n) is 3.13. The molecule has 0 saturated carbocycles. The smallest absolute Gasteiger partial charge is 0.239 e. The molecule has 0 bridgehead atoms. The second kappa shape index (κ2) is 7.10. The molecule has 4 heteroatoms. The molecule has 0 aliphatic carbocycles. The maximum Gasteiger partial charge on any atom is 0.239 e. The van der Waals surface area contributed by atoms with E-state index in [1.807, 2.05) is 32.6 Å². The Balaban J connectivity index is 2.19. The zero-order valence-corrected chi connectivity index (χ0v) is 12.3. The lowest BCUT2D eigenvalue weighted by molar-refractivity contribution is -0.134. The average Bonchev–Trinajstić information content (AvgIpc) is 2.33. The highest BCUT2D eigenvalue weighted by Gasteiger charge is 2.21. The average molecular weight is 256 g/mol. The molecule has 1 rings (SSSR count). The van der Waals surface area contributed by atoms with Crippen LogP contribution in [0.2, 0.25) is 0 Å². The molecule has 1 saturated heterocycles. The second-order valence-corrected chi connectivity index (χ2v) is 6.02. The number of ether oxygens (including phenoxy) is 1. The highest BCUT2D eigenvalue weighted by atomic mass is 16.5. The lowest BCUT2D eigenvalue weighted by atomic mass is 10.1. The summed E-state index contributed by atoms with van der Waals surface area (Å²) in [5, 5.41) is 3.24. The zero-order chi connectivity index (χ0) is 13.6. The normalized spacial score (nSPS) is 18.8. The van der Waals surface area contributed by atoms with Crippen LogP contribution in [0.5, 0.6) is 0 Å². The number of likely N-dealkylation sites (tertiary alicyclic amines) is 1. The van der Waals surface area contributed by atoms with E-state index in [9.17, 15) is 4.79 Å². The summed E-state index contributed by atoms with van der Waals surface area (Å²) in [6.07, 6.45) is 3.54. The molecule has 1 unspecified atom stereocenters. The number of carbonyl (C=O) groups excluding carboxylic acids is 1. The van der Waals surface area contributed by atoms with E-state index in [1.165, 1.54) is 6.42 Å². The Kier molecular flexibility index (Phi) is 6.09. The highest BCUT2D eigenvalue weighted by molar-refractivity contribution is 5.81. The van der Waals surface area contributed by atoms with Gasteiger partial charge < -0.3 is 15.0 Å². The molecule has 1 N–H and O–H groups in total. The van der Waals surface area contributed by atoms with Crippen LogP contribution in [0, 0.1) is 0 Å². The van der Waals surface area contributed by atoms with Gasteiger partial charge in [-0.15, -0.1) is 0 Å². The lowest BCUT2D eigenvalue weighted by Gasteiger charge is -2.29. The molecule has 0 aromatic heterocycles. The molecule has 0 spiro atoms. The molecule has 0 aromatic carbocycles. The molecule has 4 nitrogen and oxygen atoms in total. The molecule has 1 heterocycles. The van der Waals surface area contributed by atoms with Gasteiger partial charge in [0.15, 0.2) is 0 Å². The van der Waals surface area contributed by atoms with Crippen molar-refractivity contribution in [3.8, 4) is 0 Å². The molecule has 1 aliphatic rings. The first kappa shape index (κ1) is 15.4. The Bertz CT molecular complexity index is 255. The van der Waals surface area contributed by atoms with Crippen molar-refractivity contribution in [1.82, 2.24) is 10.2 Å². The first-order valence-corrected chi connectivity index (χ1v) is 7.06. The molecule has 18 heavy (non-hydrogen) atoms. The van der Waals surface area contributed by atoms with Gasteiger partial charge in [0.2, 0.25) is 5.91 Å². The quantitative estimate of drug-likeness (QED) is 0.763. The first-order chi connectivity index (χ1) is 8.40. The minimum absolute atomic E-state index is 0.105. The van der Waals surface area contributed by atoms with E-state index in [-0.39, 0.29) is 17.6 Å². The van der Waals surface area contributed by atoms with E-state index in [2.05, 4.69) is 5.32 Å². The van der Waals surface area contributed by atoms with Crippen LogP contribution in [0.1, 0.15) is 47.0 Å². The van der Waals surface area contributed by atoms with Crippen LogP contribution < -0.4 is 5.32 Å². The van der Waals surface area contributed by atoms with Crippen LogP contribution in [0.4, 0.5) is 0 Å². The van der Waals surface area contributed by atoms with E-state index < -0.39 is 0 Å². The van der Waals surface area contributed by atoms with Crippen molar-refractivity contribution < 1.29 is 9.53 Å². The van der Waals surface area contributed by atoms with Gasteiger partial charge in [-0.05, 0) is 47.0 Å². The number of nitrogens with zero attached hydrogens (tertiary/aromatic N) is 1. The fraction of sp³-hybridized carbons (Fsp3) is 0.929. The Morgan fingerprint density at radius 3 is 2.44 bits per heavy atom. The van der Waals surface area contributed by atoms with Crippen molar-refractivity contribution >= 4 is 5.91 Å². The standard InChI is InChI=1S/C14H28N2O2/c1-12(15-8-11-18-14(2,3)4)13(17)16-9-6-5-7-10-16/h12,15H,5-11H2,1-4H3. The van der Waals surface area contributed by atoms with Crippen molar-refractivity contribution in [2.24, 2.45) is 0 Å². The van der Waals surface area contributed by atoms with Crippen LogP contribution in [-0.2, 0) is 9.53 Å². The molecule has 106 valence electrons. The van der Waals surface area contributed by atoms with Gasteiger partial charge in [0.05, 0.1) is 18.2 Å². The van der Waals surface area contributed by atoms with Gasteiger partial charge in [0, 0.05) is 19.6 Å². The van der Waals surface area contributed by atoms with E-state index in [0.717, 1.165) is 32.5 Å². The summed E-state index contributed by atoms with van der Waals surface area (Å²) in [4.78, 5) is 14.1. The summed E-state index contributed by atoms with van der Waals surface area (Å²) in [7, 11) is 0. The largest absolute Gasteiger partial charge is 0.375 e. The zero-order valence-electron chi connectivity index (χ0n) is 12.3. The molecule has 0 radical (unpaired) electrons.